The van der Waals surface area contributed by atoms with Crippen LogP contribution in [0.2, 0.25) is 0 Å². The predicted molar refractivity (Wildman–Crippen MR) is 100 cm³/mol. The van der Waals surface area contributed by atoms with Crippen LogP contribution in [0.15, 0.2) is 42.9 Å². The highest BCUT2D eigenvalue weighted by atomic mass is 16.2. The van der Waals surface area contributed by atoms with Crippen molar-refractivity contribution < 1.29 is 4.79 Å². The van der Waals surface area contributed by atoms with Crippen molar-refractivity contribution in [3.63, 3.8) is 0 Å². The Morgan fingerprint density at radius 1 is 1.19 bits per heavy atom. The molecule has 1 saturated carbocycles. The molecule has 3 heterocycles. The highest BCUT2D eigenvalue weighted by Gasteiger charge is 2.39. The van der Waals surface area contributed by atoms with Crippen molar-refractivity contribution in [1.82, 2.24) is 29.7 Å². The van der Waals surface area contributed by atoms with Crippen molar-refractivity contribution in [2.45, 2.75) is 38.8 Å². The maximum atomic E-state index is 12.1. The summed E-state index contributed by atoms with van der Waals surface area (Å²) in [6.45, 7) is 3.65. The second-order valence-corrected chi connectivity index (χ2v) is 7.63. The standard InChI is InChI=1S/C20H22N6O/c1-14-4-2-3-5-19(14)26-12-16(9-21-26)18-13-24(23-22-18)10-15-8-20(27)25(11-15)17-6-7-17/h2-5,9,12-13,15,17H,6-8,10-11H2,1H3/t15-/m1/s1. The van der Waals surface area contributed by atoms with E-state index in [1.165, 1.54) is 5.56 Å². The Morgan fingerprint density at radius 3 is 2.85 bits per heavy atom. The van der Waals surface area contributed by atoms with Crippen LogP contribution in [0, 0.1) is 12.8 Å². The lowest BCUT2D eigenvalue weighted by Crippen LogP contribution is -2.27. The number of hydrogen-bond donors (Lipinski definition) is 0. The zero-order valence-corrected chi connectivity index (χ0v) is 15.3. The fourth-order valence-corrected chi connectivity index (χ4v) is 3.86. The Labute approximate surface area is 157 Å². The lowest BCUT2D eigenvalue weighted by Gasteiger charge is -2.15. The first-order valence-corrected chi connectivity index (χ1v) is 9.48. The molecule has 0 radical (unpaired) electrons. The van der Waals surface area contributed by atoms with Gasteiger partial charge in [-0.2, -0.15) is 5.10 Å². The lowest BCUT2D eigenvalue weighted by atomic mass is 10.1. The van der Waals surface area contributed by atoms with Crippen molar-refractivity contribution in [2.75, 3.05) is 6.54 Å². The Kier molecular flexibility index (Phi) is 3.81. The van der Waals surface area contributed by atoms with Crippen LogP contribution in [0.5, 0.6) is 0 Å². The summed E-state index contributed by atoms with van der Waals surface area (Å²) in [7, 11) is 0. The van der Waals surface area contributed by atoms with Gasteiger partial charge >= 0.3 is 0 Å². The number of hydrogen-bond acceptors (Lipinski definition) is 4. The molecule has 1 atom stereocenters. The highest BCUT2D eigenvalue weighted by Crippen LogP contribution is 2.33. The van der Waals surface area contributed by atoms with Crippen LogP contribution in [0.4, 0.5) is 0 Å². The van der Waals surface area contributed by atoms with E-state index in [4.69, 9.17) is 0 Å². The molecule has 7 heteroatoms. The molecule has 3 aromatic rings. The fraction of sp³-hybridized carbons (Fsp3) is 0.400. The van der Waals surface area contributed by atoms with Gasteiger partial charge in [0.15, 0.2) is 0 Å². The zero-order chi connectivity index (χ0) is 18.4. The molecule has 0 bridgehead atoms. The average Bonchev–Trinajstić information content (AvgIpc) is 3.05. The van der Waals surface area contributed by atoms with Gasteiger partial charge in [0, 0.05) is 43.2 Å². The Bertz CT molecular complexity index is 986. The third kappa shape index (κ3) is 3.13. The maximum absolute atomic E-state index is 12.1. The molecule has 27 heavy (non-hydrogen) atoms. The summed E-state index contributed by atoms with van der Waals surface area (Å²) in [4.78, 5) is 14.2. The van der Waals surface area contributed by atoms with Gasteiger partial charge in [-0.15, -0.1) is 5.10 Å². The van der Waals surface area contributed by atoms with Crippen LogP contribution in [0.1, 0.15) is 24.8 Å². The van der Waals surface area contributed by atoms with Crippen molar-refractivity contribution in [2.24, 2.45) is 5.92 Å². The molecule has 5 rings (SSSR count). The Morgan fingerprint density at radius 2 is 2.04 bits per heavy atom. The molecule has 7 nitrogen and oxygen atoms in total. The van der Waals surface area contributed by atoms with Crippen molar-refractivity contribution in [3.05, 3.63) is 48.4 Å². The molecule has 0 N–H and O–H groups in total. The summed E-state index contributed by atoms with van der Waals surface area (Å²) >= 11 is 0. The van der Waals surface area contributed by atoms with E-state index in [-0.39, 0.29) is 0 Å². The first-order valence-electron chi connectivity index (χ1n) is 9.48. The van der Waals surface area contributed by atoms with E-state index >= 15 is 0 Å². The summed E-state index contributed by atoms with van der Waals surface area (Å²) in [5.41, 5.74) is 3.97. The van der Waals surface area contributed by atoms with E-state index in [9.17, 15) is 4.79 Å². The molecule has 1 aliphatic carbocycles. The molecule has 1 amide bonds. The molecule has 0 spiro atoms. The van der Waals surface area contributed by atoms with Crippen molar-refractivity contribution in [1.29, 1.82) is 0 Å². The summed E-state index contributed by atoms with van der Waals surface area (Å²) < 4.78 is 3.72. The number of amides is 1. The van der Waals surface area contributed by atoms with Crippen LogP contribution in [-0.4, -0.2) is 48.2 Å². The van der Waals surface area contributed by atoms with E-state index in [1.807, 2.05) is 46.2 Å². The molecule has 2 aromatic heterocycles. The largest absolute Gasteiger partial charge is 0.339 e. The second-order valence-electron chi connectivity index (χ2n) is 7.63. The normalized spacial score (nSPS) is 19.8. The number of likely N-dealkylation sites (tertiary alicyclic amines) is 1. The smallest absolute Gasteiger partial charge is 0.223 e. The van der Waals surface area contributed by atoms with Crippen LogP contribution in [-0.2, 0) is 11.3 Å². The van der Waals surface area contributed by atoms with Crippen LogP contribution in [0.3, 0.4) is 0 Å². The third-order valence-electron chi connectivity index (χ3n) is 5.45. The number of para-hydroxylation sites is 1. The first-order chi connectivity index (χ1) is 13.2. The molecule has 0 unspecified atom stereocenters. The highest BCUT2D eigenvalue weighted by molar-refractivity contribution is 5.79. The van der Waals surface area contributed by atoms with Gasteiger partial charge in [0.05, 0.1) is 18.1 Å². The summed E-state index contributed by atoms with van der Waals surface area (Å²) in [6.07, 6.45) is 8.69. The number of carbonyl (C=O) groups is 1. The second kappa shape index (κ2) is 6.33. The summed E-state index contributed by atoms with van der Waals surface area (Å²) in [5.74, 6) is 0.615. The third-order valence-corrected chi connectivity index (χ3v) is 5.45. The minimum Gasteiger partial charge on any atom is -0.339 e. The maximum Gasteiger partial charge on any atom is 0.223 e. The van der Waals surface area contributed by atoms with Crippen LogP contribution >= 0.6 is 0 Å². The van der Waals surface area contributed by atoms with Gasteiger partial charge in [-0.25, -0.2) is 4.68 Å². The number of rotatable bonds is 5. The predicted octanol–water partition coefficient (Wildman–Crippen LogP) is 2.45. The fourth-order valence-electron chi connectivity index (χ4n) is 3.86. The molecular weight excluding hydrogens is 340 g/mol. The quantitative estimate of drug-likeness (QED) is 0.699. The van der Waals surface area contributed by atoms with Crippen LogP contribution in [0.25, 0.3) is 16.9 Å². The SMILES string of the molecule is Cc1ccccc1-n1cc(-c2cn(C[C@H]3CC(=O)N(C4CC4)C3)nn2)cn1. The van der Waals surface area contributed by atoms with Gasteiger partial charge in [-0.1, -0.05) is 23.4 Å². The molecule has 138 valence electrons. The van der Waals surface area contributed by atoms with Gasteiger partial charge in [0.25, 0.3) is 0 Å². The topological polar surface area (TPSA) is 68.8 Å². The van der Waals surface area contributed by atoms with Crippen molar-refractivity contribution in [3.8, 4) is 16.9 Å². The number of carbonyl (C=O) groups excluding carboxylic acids is 1. The van der Waals surface area contributed by atoms with Crippen molar-refractivity contribution >= 4 is 5.91 Å². The van der Waals surface area contributed by atoms with E-state index < -0.39 is 0 Å². The first kappa shape index (κ1) is 16.2. The molecule has 2 aliphatic rings. The van der Waals surface area contributed by atoms with Crippen LogP contribution < -0.4 is 0 Å². The Hall–Kier alpha value is -2.96. The summed E-state index contributed by atoms with van der Waals surface area (Å²) in [6, 6.07) is 8.65. The van der Waals surface area contributed by atoms with Gasteiger partial charge in [0.1, 0.15) is 5.69 Å². The minimum absolute atomic E-state index is 0.294. The monoisotopic (exact) mass is 362 g/mol. The summed E-state index contributed by atoms with van der Waals surface area (Å²) in [5, 5.41) is 13.0. The van der Waals surface area contributed by atoms with E-state index in [2.05, 4.69) is 33.3 Å². The van der Waals surface area contributed by atoms with Gasteiger partial charge in [-0.3, -0.25) is 9.48 Å². The molecule has 1 aliphatic heterocycles. The minimum atomic E-state index is 0.294. The number of benzene rings is 1. The van der Waals surface area contributed by atoms with E-state index in [0.29, 0.717) is 24.3 Å². The number of aromatic nitrogens is 5. The van der Waals surface area contributed by atoms with E-state index in [0.717, 1.165) is 42.9 Å². The van der Waals surface area contributed by atoms with Gasteiger partial charge in [-0.05, 0) is 31.4 Å². The molecule has 1 saturated heterocycles. The lowest BCUT2D eigenvalue weighted by molar-refractivity contribution is -0.128. The number of nitrogens with zero attached hydrogens (tertiary/aromatic N) is 6. The zero-order valence-electron chi connectivity index (χ0n) is 15.3. The Balaban J connectivity index is 1.30. The van der Waals surface area contributed by atoms with Gasteiger partial charge < -0.3 is 4.90 Å². The van der Waals surface area contributed by atoms with Gasteiger partial charge in [0.2, 0.25) is 5.91 Å². The molecule has 2 fully saturated rings. The average molecular weight is 362 g/mol. The van der Waals surface area contributed by atoms with E-state index in [1.54, 1.807) is 0 Å². The molecular formula is C20H22N6O. The molecule has 1 aromatic carbocycles. The number of aryl methyl sites for hydroxylation is 1.